The van der Waals surface area contributed by atoms with E-state index in [0.717, 1.165) is 19.3 Å². The Bertz CT molecular complexity index is 858. The first kappa shape index (κ1) is 20.3. The molecule has 1 N–H and O–H groups in total. The first-order chi connectivity index (χ1) is 12.8. The van der Waals surface area contributed by atoms with Gasteiger partial charge in [0.1, 0.15) is 0 Å². The summed E-state index contributed by atoms with van der Waals surface area (Å²) in [6.45, 7) is 2.70. The van der Waals surface area contributed by atoms with Crippen molar-refractivity contribution >= 4 is 25.8 Å². The Hall–Kier alpha value is -1.43. The monoisotopic (exact) mass is 419 g/mol. The number of hydrogen-bond donors (Lipinski definition) is 1. The summed E-state index contributed by atoms with van der Waals surface area (Å²) in [6, 6.07) is 2.67. The van der Waals surface area contributed by atoms with Gasteiger partial charge in [-0.25, -0.2) is 16.8 Å². The Kier molecular flexibility index (Phi) is 6.24. The number of piperidine rings is 1. The van der Waals surface area contributed by atoms with Crippen molar-refractivity contribution in [3.05, 3.63) is 17.9 Å². The van der Waals surface area contributed by atoms with E-state index in [1.165, 1.54) is 16.4 Å². The smallest absolute Gasteiger partial charge is 0.287 e. The second kappa shape index (κ2) is 8.29. The van der Waals surface area contributed by atoms with E-state index in [9.17, 15) is 21.6 Å². The number of nitrogens with one attached hydrogen (secondary N) is 1. The van der Waals surface area contributed by atoms with Crippen molar-refractivity contribution in [2.24, 2.45) is 0 Å². The quantitative estimate of drug-likeness (QED) is 0.685. The van der Waals surface area contributed by atoms with Gasteiger partial charge in [-0.05, 0) is 25.0 Å². The molecule has 2 saturated heterocycles. The lowest BCUT2D eigenvalue weighted by Crippen LogP contribution is -2.43. The number of carbonyl (C=O) groups excluding carboxylic acids is 1. The van der Waals surface area contributed by atoms with Crippen LogP contribution >= 0.6 is 0 Å². The molecule has 2 fully saturated rings. The van der Waals surface area contributed by atoms with E-state index in [1.807, 2.05) is 4.90 Å². The van der Waals surface area contributed by atoms with Gasteiger partial charge in [-0.3, -0.25) is 9.69 Å². The van der Waals surface area contributed by atoms with Gasteiger partial charge in [0.15, 0.2) is 15.6 Å². The molecule has 1 aromatic rings. The Morgan fingerprint density at radius 2 is 1.74 bits per heavy atom. The number of amides is 1. The highest BCUT2D eigenvalue weighted by molar-refractivity contribution is 7.91. The van der Waals surface area contributed by atoms with Crippen LogP contribution in [-0.2, 0) is 19.9 Å². The molecular formula is C16H25N3O6S2. The summed E-state index contributed by atoms with van der Waals surface area (Å²) < 4.78 is 54.6. The molecule has 0 saturated carbocycles. The van der Waals surface area contributed by atoms with Crippen LogP contribution in [0.2, 0.25) is 0 Å². The molecule has 0 bridgehead atoms. The topological polar surface area (TPSA) is 117 Å². The fourth-order valence-electron chi connectivity index (χ4n) is 3.20. The first-order valence-corrected chi connectivity index (χ1v) is 12.3. The molecule has 2 aliphatic rings. The zero-order valence-corrected chi connectivity index (χ0v) is 16.7. The third kappa shape index (κ3) is 5.09. The Morgan fingerprint density at radius 3 is 2.41 bits per heavy atom. The second-order valence-corrected chi connectivity index (χ2v) is 11.0. The van der Waals surface area contributed by atoms with Crippen LogP contribution in [-0.4, -0.2) is 82.7 Å². The minimum Gasteiger partial charge on any atom is -0.438 e. The number of nitrogens with zero attached hydrogens (tertiary/aromatic N) is 2. The van der Waals surface area contributed by atoms with Crippen LogP contribution in [0.3, 0.4) is 0 Å². The number of sulfone groups is 1. The van der Waals surface area contributed by atoms with Crippen LogP contribution < -0.4 is 5.32 Å². The SMILES string of the molecule is O=C(NCCN1CCS(=O)(=O)CC1)c1ccc(S(=O)(=O)N2CCCCC2)o1. The fraction of sp³-hybridized carbons (Fsp3) is 0.688. The molecule has 3 heterocycles. The average molecular weight is 420 g/mol. The predicted molar refractivity (Wildman–Crippen MR) is 98.7 cm³/mol. The zero-order valence-electron chi connectivity index (χ0n) is 15.1. The highest BCUT2D eigenvalue weighted by atomic mass is 32.2. The van der Waals surface area contributed by atoms with Crippen LogP contribution in [0.1, 0.15) is 29.8 Å². The molecule has 3 rings (SSSR count). The lowest BCUT2D eigenvalue weighted by Gasteiger charge is -2.26. The van der Waals surface area contributed by atoms with Crippen molar-refractivity contribution in [1.29, 1.82) is 0 Å². The van der Waals surface area contributed by atoms with Crippen LogP contribution in [0.4, 0.5) is 0 Å². The largest absolute Gasteiger partial charge is 0.438 e. The van der Waals surface area contributed by atoms with E-state index in [1.54, 1.807) is 0 Å². The van der Waals surface area contributed by atoms with Gasteiger partial charge >= 0.3 is 0 Å². The standard InChI is InChI=1S/C16H25N3O6S2/c20-16(17-6-9-18-10-12-26(21,22)13-11-18)14-4-5-15(25-14)27(23,24)19-7-2-1-3-8-19/h4-5H,1-3,6-13H2,(H,17,20). The highest BCUT2D eigenvalue weighted by Crippen LogP contribution is 2.22. The van der Waals surface area contributed by atoms with E-state index >= 15 is 0 Å². The van der Waals surface area contributed by atoms with Gasteiger partial charge in [0.05, 0.1) is 11.5 Å². The molecule has 1 aromatic heterocycles. The molecule has 1 amide bonds. The molecular weight excluding hydrogens is 394 g/mol. The van der Waals surface area contributed by atoms with Crippen LogP contribution in [0, 0.1) is 0 Å². The number of carbonyl (C=O) groups is 1. The highest BCUT2D eigenvalue weighted by Gasteiger charge is 2.29. The molecule has 0 spiro atoms. The van der Waals surface area contributed by atoms with E-state index in [4.69, 9.17) is 4.42 Å². The zero-order chi connectivity index (χ0) is 19.5. The Morgan fingerprint density at radius 1 is 1.07 bits per heavy atom. The molecule has 2 aliphatic heterocycles. The summed E-state index contributed by atoms with van der Waals surface area (Å²) in [6.07, 6.45) is 2.66. The minimum absolute atomic E-state index is 0.0493. The molecule has 0 radical (unpaired) electrons. The lowest BCUT2D eigenvalue weighted by atomic mass is 10.2. The molecule has 9 nitrogen and oxygen atoms in total. The summed E-state index contributed by atoms with van der Waals surface area (Å²) in [5.41, 5.74) is 0. The van der Waals surface area contributed by atoms with Gasteiger partial charge < -0.3 is 9.73 Å². The Labute approximate surface area is 159 Å². The van der Waals surface area contributed by atoms with Gasteiger partial charge in [0, 0.05) is 39.3 Å². The van der Waals surface area contributed by atoms with Gasteiger partial charge in [-0.2, -0.15) is 4.31 Å². The maximum Gasteiger partial charge on any atom is 0.287 e. The van der Waals surface area contributed by atoms with Crippen molar-refractivity contribution < 1.29 is 26.0 Å². The maximum absolute atomic E-state index is 12.5. The summed E-state index contributed by atoms with van der Waals surface area (Å²) in [5, 5.41) is 2.47. The Balaban J connectivity index is 1.51. The van der Waals surface area contributed by atoms with Crippen LogP contribution in [0.25, 0.3) is 0 Å². The number of hydrogen-bond acceptors (Lipinski definition) is 7. The number of furan rings is 1. The molecule has 0 aliphatic carbocycles. The predicted octanol–water partition coefficient (Wildman–Crippen LogP) is -0.0856. The van der Waals surface area contributed by atoms with Crippen LogP contribution in [0.15, 0.2) is 21.6 Å². The molecule has 0 unspecified atom stereocenters. The van der Waals surface area contributed by atoms with Crippen molar-refractivity contribution in [2.45, 2.75) is 24.4 Å². The molecule has 0 atom stereocenters. The summed E-state index contributed by atoms with van der Waals surface area (Å²) in [7, 11) is -6.63. The van der Waals surface area contributed by atoms with E-state index < -0.39 is 25.8 Å². The minimum atomic E-state index is -3.70. The summed E-state index contributed by atoms with van der Waals surface area (Å²) >= 11 is 0. The van der Waals surface area contributed by atoms with Crippen molar-refractivity contribution in [3.8, 4) is 0 Å². The molecule has 152 valence electrons. The van der Waals surface area contributed by atoms with Crippen molar-refractivity contribution in [2.75, 3.05) is 50.8 Å². The van der Waals surface area contributed by atoms with Gasteiger partial charge in [-0.15, -0.1) is 0 Å². The normalized spacial score (nSPS) is 21.8. The molecule has 0 aromatic carbocycles. The number of sulfonamides is 1. The van der Waals surface area contributed by atoms with Gasteiger partial charge in [0.25, 0.3) is 15.9 Å². The fourth-order valence-corrected chi connectivity index (χ4v) is 5.91. The average Bonchev–Trinajstić information content (AvgIpc) is 3.15. The molecule has 11 heteroatoms. The summed E-state index contributed by atoms with van der Waals surface area (Å²) in [5.74, 6) is -0.264. The van der Waals surface area contributed by atoms with Crippen molar-refractivity contribution in [1.82, 2.24) is 14.5 Å². The van der Waals surface area contributed by atoms with Gasteiger partial charge in [-0.1, -0.05) is 6.42 Å². The third-order valence-electron chi connectivity index (χ3n) is 4.86. The summed E-state index contributed by atoms with van der Waals surface area (Å²) in [4.78, 5) is 14.1. The molecule has 27 heavy (non-hydrogen) atoms. The van der Waals surface area contributed by atoms with E-state index in [-0.39, 0.29) is 22.4 Å². The van der Waals surface area contributed by atoms with E-state index in [0.29, 0.717) is 39.3 Å². The second-order valence-electron chi connectivity index (χ2n) is 6.83. The third-order valence-corrected chi connectivity index (χ3v) is 8.25. The maximum atomic E-state index is 12.5. The van der Waals surface area contributed by atoms with Crippen molar-refractivity contribution in [3.63, 3.8) is 0 Å². The number of rotatable bonds is 6. The van der Waals surface area contributed by atoms with Crippen LogP contribution in [0.5, 0.6) is 0 Å². The van der Waals surface area contributed by atoms with E-state index in [2.05, 4.69) is 5.32 Å². The first-order valence-electron chi connectivity index (χ1n) is 9.09. The van der Waals surface area contributed by atoms with Gasteiger partial charge in [0.2, 0.25) is 5.09 Å². The lowest BCUT2D eigenvalue weighted by molar-refractivity contribution is 0.0915.